The number of fused-ring (bicyclic) bond motifs is 2. The monoisotopic (exact) mass is 671 g/mol. The maximum atomic E-state index is 12.9. The first-order valence-electron chi connectivity index (χ1n) is 10.4. The van der Waals surface area contributed by atoms with Gasteiger partial charge in [0.25, 0.3) is 11.8 Å². The number of thiophene rings is 1. The lowest BCUT2D eigenvalue weighted by Gasteiger charge is -2.49. The highest BCUT2D eigenvalue weighted by atomic mass is 79.9. The molecule has 38 heavy (non-hydrogen) atoms. The number of anilines is 1. The van der Waals surface area contributed by atoms with Crippen molar-refractivity contribution < 1.29 is 24.7 Å². The Morgan fingerprint density at radius 2 is 2.13 bits per heavy atom. The minimum absolute atomic E-state index is 0.0540. The number of β-lactam (4-membered cyclic amide) rings is 1. The second kappa shape index (κ2) is 10.8. The van der Waals surface area contributed by atoms with E-state index in [1.807, 2.05) is 11.4 Å². The van der Waals surface area contributed by atoms with E-state index in [0.29, 0.717) is 14.7 Å². The van der Waals surface area contributed by atoms with E-state index in [1.165, 1.54) is 51.6 Å². The molecular weight excluding hydrogens is 658 g/mol. The van der Waals surface area contributed by atoms with Crippen LogP contribution in [0.1, 0.15) is 5.69 Å². The molecule has 196 valence electrons. The second-order valence-electron chi connectivity index (χ2n) is 7.63. The largest absolute Gasteiger partial charge is 0.477 e. The predicted molar refractivity (Wildman–Crippen MR) is 153 cm³/mol. The molecule has 0 spiro atoms. The summed E-state index contributed by atoms with van der Waals surface area (Å²) >= 11 is 9.79. The molecule has 1 unspecified atom stereocenters. The van der Waals surface area contributed by atoms with Crippen LogP contribution in [0.25, 0.3) is 9.40 Å². The summed E-state index contributed by atoms with van der Waals surface area (Å²) < 4.78 is 2.71. The Labute approximate surface area is 242 Å². The van der Waals surface area contributed by atoms with Crippen LogP contribution in [-0.2, 0) is 14.4 Å². The Morgan fingerprint density at radius 3 is 2.82 bits per heavy atom. The van der Waals surface area contributed by atoms with E-state index in [2.05, 4.69) is 31.4 Å². The first-order chi connectivity index (χ1) is 18.2. The van der Waals surface area contributed by atoms with Gasteiger partial charge in [-0.25, -0.2) is 9.78 Å². The van der Waals surface area contributed by atoms with Crippen molar-refractivity contribution in [2.24, 2.45) is 5.16 Å². The number of carbonyl (C=O) groups excluding carboxylic acids is 2. The highest BCUT2D eigenvalue weighted by Gasteiger charge is 2.54. The Bertz CT molecular complexity index is 1640. The molecule has 5 rings (SSSR count). The van der Waals surface area contributed by atoms with Gasteiger partial charge in [0.15, 0.2) is 10.8 Å². The Hall–Kier alpha value is -2.70. The number of nitrogens with two attached hydrogens (primary N) is 1. The van der Waals surface area contributed by atoms with Gasteiger partial charge in [0, 0.05) is 11.1 Å². The fourth-order valence-electron chi connectivity index (χ4n) is 3.72. The summed E-state index contributed by atoms with van der Waals surface area (Å²) in [6.07, 6.45) is 1.61. The van der Waals surface area contributed by atoms with Gasteiger partial charge in [-0.1, -0.05) is 16.9 Å². The summed E-state index contributed by atoms with van der Waals surface area (Å²) in [5.74, 6) is -2.46. The third kappa shape index (κ3) is 4.77. The molecule has 0 bridgehead atoms. The highest BCUT2D eigenvalue weighted by molar-refractivity contribution is 9.10. The van der Waals surface area contributed by atoms with E-state index in [1.54, 1.807) is 11.5 Å². The van der Waals surface area contributed by atoms with Gasteiger partial charge in [0.2, 0.25) is 5.43 Å². The molecule has 0 radical (unpaired) electrons. The number of nitrogens with zero attached hydrogens (tertiary/aromatic N) is 3. The van der Waals surface area contributed by atoms with Crippen LogP contribution < -0.4 is 16.5 Å². The molecular formula is C21H14BrN5O6S5. The zero-order valence-corrected chi connectivity index (χ0v) is 24.3. The van der Waals surface area contributed by atoms with Gasteiger partial charge < -0.3 is 21.4 Å². The number of carboxylic acids is 1. The Balaban J connectivity index is 1.33. The van der Waals surface area contributed by atoms with Crippen molar-refractivity contribution in [3.05, 3.63) is 60.0 Å². The van der Waals surface area contributed by atoms with Gasteiger partial charge in [-0.2, -0.15) is 0 Å². The fourth-order valence-corrected chi connectivity index (χ4v) is 9.42. The van der Waals surface area contributed by atoms with E-state index in [0.717, 1.165) is 25.1 Å². The van der Waals surface area contributed by atoms with Crippen LogP contribution in [0.2, 0.25) is 0 Å². The number of allylic oxidation sites excluding steroid dienone is 1. The summed E-state index contributed by atoms with van der Waals surface area (Å²) in [6, 6.07) is 0.863. The standard InChI is InChI=1S/C21H14BrN5O6S5/c22-10-14(28)15-9(2-4-34-15)38-20(10)35-3-1-7-5-36-18-12(17(30)27(18)13(7)19(31)32)25-16(29)11(26-33)8-6-37-21(23)24-8/h1-4,6,12,18,33H,5H2,(H2,23,24)(H,25,29)(H,31,32)/t12?,18-/m1/s1. The fraction of sp³-hybridized carbons (Fsp3) is 0.143. The average molecular weight is 673 g/mol. The molecule has 2 atom stereocenters. The van der Waals surface area contributed by atoms with Crippen LogP contribution >= 0.6 is 73.5 Å². The number of nitrogens with one attached hydrogen (secondary N) is 1. The van der Waals surface area contributed by atoms with Gasteiger partial charge in [0.1, 0.15) is 22.8 Å². The molecule has 2 amide bonds. The molecule has 2 aliphatic heterocycles. The first kappa shape index (κ1) is 26.9. The van der Waals surface area contributed by atoms with E-state index in [4.69, 9.17) is 5.73 Å². The van der Waals surface area contributed by atoms with Gasteiger partial charge in [-0.15, -0.1) is 45.8 Å². The molecule has 1 fully saturated rings. The Morgan fingerprint density at radius 1 is 1.34 bits per heavy atom. The molecule has 1 saturated heterocycles. The van der Waals surface area contributed by atoms with Crippen LogP contribution in [0.4, 0.5) is 5.13 Å². The molecule has 0 saturated carbocycles. The van der Waals surface area contributed by atoms with Crippen LogP contribution in [0.5, 0.6) is 0 Å². The van der Waals surface area contributed by atoms with E-state index in [9.17, 15) is 29.5 Å². The number of hydrogen-bond acceptors (Lipinski definition) is 13. The summed E-state index contributed by atoms with van der Waals surface area (Å²) in [4.78, 5) is 55.2. The zero-order valence-electron chi connectivity index (χ0n) is 18.6. The zero-order chi connectivity index (χ0) is 27.1. The van der Waals surface area contributed by atoms with Crippen LogP contribution in [0.15, 0.2) is 58.2 Å². The third-order valence-electron chi connectivity index (χ3n) is 5.43. The van der Waals surface area contributed by atoms with E-state index in [-0.39, 0.29) is 27.7 Å². The van der Waals surface area contributed by atoms with Gasteiger partial charge >= 0.3 is 5.97 Å². The Kier molecular flexibility index (Phi) is 7.65. The van der Waals surface area contributed by atoms with Crippen LogP contribution in [-0.4, -0.2) is 60.9 Å². The number of carboxylic acid groups (broad SMARTS) is 1. The minimum Gasteiger partial charge on any atom is -0.477 e. The van der Waals surface area contributed by atoms with Crippen molar-refractivity contribution in [1.29, 1.82) is 0 Å². The number of thioether (sulfide) groups is 2. The highest BCUT2D eigenvalue weighted by Crippen LogP contribution is 2.41. The maximum Gasteiger partial charge on any atom is 0.352 e. The smallest absolute Gasteiger partial charge is 0.352 e. The van der Waals surface area contributed by atoms with Crippen LogP contribution in [0.3, 0.4) is 0 Å². The first-order valence-corrected chi connectivity index (χ1v) is 15.7. The summed E-state index contributed by atoms with van der Waals surface area (Å²) in [6.45, 7) is 0. The SMILES string of the molecule is Nc1nc(C(=NO)C(=O)NC2C(=O)N3C(C(=O)O)=C(C=CSc4sc5ccsc5c(=O)c4Br)CS[C@H]23)cs1. The molecule has 11 nitrogen and oxygen atoms in total. The van der Waals surface area contributed by atoms with Gasteiger partial charge in [-0.05, 0) is 44.4 Å². The number of amides is 2. The van der Waals surface area contributed by atoms with E-state index >= 15 is 0 Å². The van der Waals surface area contributed by atoms with E-state index < -0.39 is 34.9 Å². The molecule has 5 heterocycles. The van der Waals surface area contributed by atoms with Crippen molar-refractivity contribution in [3.63, 3.8) is 0 Å². The number of aliphatic carboxylic acids is 1. The summed E-state index contributed by atoms with van der Waals surface area (Å²) in [5.41, 5.74) is 5.35. The number of carbonyl (C=O) groups is 3. The third-order valence-corrected chi connectivity index (χ3v) is 11.9. The molecule has 3 aromatic heterocycles. The second-order valence-corrected chi connectivity index (χ2v) is 13.6. The van der Waals surface area contributed by atoms with Crippen molar-refractivity contribution in [3.8, 4) is 0 Å². The normalized spacial score (nSPS) is 19.7. The molecule has 0 aliphatic carbocycles. The molecule has 3 aromatic rings. The lowest BCUT2D eigenvalue weighted by Crippen LogP contribution is -2.71. The number of aromatic nitrogens is 1. The number of hydrogen-bond donors (Lipinski definition) is 4. The maximum absolute atomic E-state index is 12.9. The topological polar surface area (TPSA) is 175 Å². The number of nitrogen functional groups attached to an aromatic ring is 1. The lowest BCUT2D eigenvalue weighted by atomic mass is 10.0. The van der Waals surface area contributed by atoms with Crippen molar-refractivity contribution >= 4 is 111 Å². The van der Waals surface area contributed by atoms with Gasteiger partial charge in [0.05, 0.1) is 18.1 Å². The summed E-state index contributed by atoms with van der Waals surface area (Å²) in [5, 5.41) is 29.1. The van der Waals surface area contributed by atoms with Crippen molar-refractivity contribution in [2.75, 3.05) is 11.5 Å². The molecule has 17 heteroatoms. The van der Waals surface area contributed by atoms with Gasteiger partial charge in [-0.3, -0.25) is 19.3 Å². The number of halogens is 1. The number of rotatable bonds is 7. The predicted octanol–water partition coefficient (Wildman–Crippen LogP) is 3.35. The quantitative estimate of drug-likeness (QED) is 0.0958. The average Bonchev–Trinajstić information content (AvgIpc) is 3.54. The van der Waals surface area contributed by atoms with Crippen molar-refractivity contribution in [2.45, 2.75) is 15.6 Å². The number of thiazole rings is 1. The van der Waals surface area contributed by atoms with Crippen LogP contribution in [0, 0.1) is 0 Å². The molecule has 5 N–H and O–H groups in total. The molecule has 2 aliphatic rings. The summed E-state index contributed by atoms with van der Waals surface area (Å²) in [7, 11) is 0. The molecule has 0 aromatic carbocycles. The minimum atomic E-state index is -1.28. The lowest BCUT2D eigenvalue weighted by molar-refractivity contribution is -0.150. The van der Waals surface area contributed by atoms with Crippen molar-refractivity contribution in [1.82, 2.24) is 15.2 Å². The number of oxime groups is 1.